The number of nitrogens with zero attached hydrogens (tertiary/aromatic N) is 2. The summed E-state index contributed by atoms with van der Waals surface area (Å²) in [6.07, 6.45) is 4.34. The quantitative estimate of drug-likeness (QED) is 0.651. The molecule has 1 aromatic heterocycles. The fraction of sp³-hybridized carbons (Fsp3) is 0.261. The molecule has 28 heavy (non-hydrogen) atoms. The summed E-state index contributed by atoms with van der Waals surface area (Å²) >= 11 is 1.69. The normalized spacial score (nSPS) is 15.5. The zero-order valence-electron chi connectivity index (χ0n) is 15.9. The van der Waals surface area contributed by atoms with E-state index >= 15 is 0 Å². The summed E-state index contributed by atoms with van der Waals surface area (Å²) in [6, 6.07) is 19.3. The lowest BCUT2D eigenvalue weighted by Crippen LogP contribution is -2.47. The minimum atomic E-state index is -0.413. The van der Waals surface area contributed by atoms with E-state index in [1.54, 1.807) is 17.4 Å². The maximum Gasteiger partial charge on any atom is 0.241 e. The monoisotopic (exact) mass is 391 g/mol. The summed E-state index contributed by atoms with van der Waals surface area (Å²) < 4.78 is 1.24. The SMILES string of the molecule is NC(=O)C=Cc1cc2c(N3CCN(CCc4ccccc4)CC3)cccc2s1. The number of carbonyl (C=O) groups is 1. The van der Waals surface area contributed by atoms with Gasteiger partial charge in [-0.3, -0.25) is 9.69 Å². The Morgan fingerprint density at radius 1 is 1.04 bits per heavy atom. The molecule has 0 unspecified atom stereocenters. The summed E-state index contributed by atoms with van der Waals surface area (Å²) in [4.78, 5) is 17.1. The van der Waals surface area contributed by atoms with E-state index in [0.717, 1.165) is 44.0 Å². The van der Waals surface area contributed by atoms with Gasteiger partial charge in [0.25, 0.3) is 0 Å². The summed E-state index contributed by atoms with van der Waals surface area (Å²) in [7, 11) is 0. The van der Waals surface area contributed by atoms with Crippen molar-refractivity contribution in [2.24, 2.45) is 5.73 Å². The maximum atomic E-state index is 11.0. The van der Waals surface area contributed by atoms with Crippen LogP contribution in [0.1, 0.15) is 10.4 Å². The van der Waals surface area contributed by atoms with Gasteiger partial charge in [0.2, 0.25) is 5.91 Å². The van der Waals surface area contributed by atoms with E-state index in [1.165, 1.54) is 27.4 Å². The van der Waals surface area contributed by atoms with Gasteiger partial charge in [-0.2, -0.15) is 0 Å². The zero-order valence-corrected chi connectivity index (χ0v) is 16.7. The Morgan fingerprint density at radius 2 is 1.82 bits per heavy atom. The molecule has 3 aromatic rings. The second kappa shape index (κ2) is 8.59. The Kier molecular flexibility index (Phi) is 5.74. The molecule has 1 amide bonds. The number of nitrogens with two attached hydrogens (primary N) is 1. The second-order valence-corrected chi connectivity index (χ2v) is 8.25. The van der Waals surface area contributed by atoms with Crippen molar-refractivity contribution in [3.63, 3.8) is 0 Å². The Hall–Kier alpha value is -2.63. The standard InChI is InChI=1S/C23H25N3OS/c24-23(27)10-9-19-17-20-21(7-4-8-22(20)28-19)26-15-13-25(14-16-26)12-11-18-5-2-1-3-6-18/h1-10,17H,11-16H2,(H2,24,27). The second-order valence-electron chi connectivity index (χ2n) is 7.14. The van der Waals surface area contributed by atoms with Crippen molar-refractivity contribution in [2.75, 3.05) is 37.6 Å². The molecule has 0 saturated carbocycles. The van der Waals surface area contributed by atoms with Gasteiger partial charge in [-0.15, -0.1) is 11.3 Å². The van der Waals surface area contributed by atoms with Crippen LogP contribution in [-0.2, 0) is 11.2 Å². The molecule has 0 bridgehead atoms. The first kappa shape index (κ1) is 18.7. The molecule has 0 radical (unpaired) electrons. The van der Waals surface area contributed by atoms with E-state index < -0.39 is 5.91 Å². The molecular formula is C23H25N3OS. The topological polar surface area (TPSA) is 49.6 Å². The number of amides is 1. The van der Waals surface area contributed by atoms with E-state index in [1.807, 2.05) is 0 Å². The van der Waals surface area contributed by atoms with E-state index in [2.05, 4.69) is 64.4 Å². The van der Waals surface area contributed by atoms with Crippen LogP contribution < -0.4 is 10.6 Å². The molecule has 0 atom stereocenters. The average molecular weight is 392 g/mol. The number of hydrogen-bond acceptors (Lipinski definition) is 4. The van der Waals surface area contributed by atoms with Gasteiger partial charge in [0, 0.05) is 59.5 Å². The molecule has 4 rings (SSSR count). The molecule has 144 valence electrons. The average Bonchev–Trinajstić information content (AvgIpc) is 3.15. The van der Waals surface area contributed by atoms with E-state index in [-0.39, 0.29) is 0 Å². The Bertz CT molecular complexity index is 972. The molecule has 1 saturated heterocycles. The van der Waals surface area contributed by atoms with Crippen molar-refractivity contribution in [1.82, 2.24) is 4.90 Å². The van der Waals surface area contributed by atoms with Crippen LogP contribution in [0, 0.1) is 0 Å². The van der Waals surface area contributed by atoms with Gasteiger partial charge in [-0.25, -0.2) is 0 Å². The number of primary amides is 1. The van der Waals surface area contributed by atoms with Crippen molar-refractivity contribution < 1.29 is 4.79 Å². The molecular weight excluding hydrogens is 366 g/mol. The third kappa shape index (κ3) is 4.43. The summed E-state index contributed by atoms with van der Waals surface area (Å²) in [6.45, 7) is 5.36. The molecule has 0 spiro atoms. The van der Waals surface area contributed by atoms with Gasteiger partial charge >= 0.3 is 0 Å². The number of piperazine rings is 1. The fourth-order valence-electron chi connectivity index (χ4n) is 3.73. The van der Waals surface area contributed by atoms with Crippen LogP contribution in [0.5, 0.6) is 0 Å². The number of hydrogen-bond donors (Lipinski definition) is 1. The number of fused-ring (bicyclic) bond motifs is 1. The highest BCUT2D eigenvalue weighted by molar-refractivity contribution is 7.20. The zero-order chi connectivity index (χ0) is 19.3. The first-order valence-electron chi connectivity index (χ1n) is 9.70. The lowest BCUT2D eigenvalue weighted by Gasteiger charge is -2.36. The highest BCUT2D eigenvalue weighted by Gasteiger charge is 2.19. The minimum absolute atomic E-state index is 0.413. The molecule has 1 fully saturated rings. The van der Waals surface area contributed by atoms with Crippen LogP contribution in [0.4, 0.5) is 5.69 Å². The number of rotatable bonds is 6. The van der Waals surface area contributed by atoms with Crippen molar-refractivity contribution in [2.45, 2.75) is 6.42 Å². The Labute approximate surface area is 169 Å². The van der Waals surface area contributed by atoms with Gasteiger partial charge < -0.3 is 10.6 Å². The number of thiophene rings is 1. The Morgan fingerprint density at radius 3 is 2.57 bits per heavy atom. The summed E-state index contributed by atoms with van der Waals surface area (Å²) in [5.41, 5.74) is 7.92. The first-order chi connectivity index (χ1) is 13.7. The predicted octanol–water partition coefficient (Wildman–Crippen LogP) is 3.76. The van der Waals surface area contributed by atoms with Gasteiger partial charge in [0.15, 0.2) is 0 Å². The molecule has 5 heteroatoms. The van der Waals surface area contributed by atoms with Crippen LogP contribution in [0.3, 0.4) is 0 Å². The van der Waals surface area contributed by atoms with Gasteiger partial charge in [-0.05, 0) is 36.3 Å². The number of carbonyl (C=O) groups excluding carboxylic acids is 1. The summed E-state index contributed by atoms with van der Waals surface area (Å²) in [5.74, 6) is -0.413. The summed E-state index contributed by atoms with van der Waals surface area (Å²) in [5, 5.41) is 1.26. The largest absolute Gasteiger partial charge is 0.368 e. The minimum Gasteiger partial charge on any atom is -0.368 e. The fourth-order valence-corrected chi connectivity index (χ4v) is 4.72. The number of anilines is 1. The highest BCUT2D eigenvalue weighted by Crippen LogP contribution is 2.34. The van der Waals surface area contributed by atoms with Crippen LogP contribution in [0.25, 0.3) is 16.2 Å². The molecule has 1 aliphatic heterocycles. The van der Waals surface area contributed by atoms with Crippen LogP contribution >= 0.6 is 11.3 Å². The highest BCUT2D eigenvalue weighted by atomic mass is 32.1. The third-order valence-electron chi connectivity index (χ3n) is 5.24. The molecule has 2 aromatic carbocycles. The van der Waals surface area contributed by atoms with Crippen LogP contribution in [0.2, 0.25) is 0 Å². The van der Waals surface area contributed by atoms with E-state index in [9.17, 15) is 4.79 Å². The van der Waals surface area contributed by atoms with Crippen molar-refractivity contribution in [3.05, 3.63) is 71.1 Å². The Balaban J connectivity index is 1.41. The predicted molar refractivity (Wildman–Crippen MR) is 119 cm³/mol. The smallest absolute Gasteiger partial charge is 0.241 e. The van der Waals surface area contributed by atoms with Gasteiger partial charge in [0.1, 0.15) is 0 Å². The lowest BCUT2D eigenvalue weighted by atomic mass is 10.1. The van der Waals surface area contributed by atoms with Crippen LogP contribution in [0.15, 0.2) is 60.7 Å². The van der Waals surface area contributed by atoms with Gasteiger partial charge in [0.05, 0.1) is 0 Å². The molecule has 2 heterocycles. The molecule has 4 nitrogen and oxygen atoms in total. The van der Waals surface area contributed by atoms with Gasteiger partial charge in [-0.1, -0.05) is 36.4 Å². The van der Waals surface area contributed by atoms with Crippen LogP contribution in [-0.4, -0.2) is 43.5 Å². The molecule has 1 aliphatic rings. The third-order valence-corrected chi connectivity index (χ3v) is 6.31. The molecule has 2 N–H and O–H groups in total. The lowest BCUT2D eigenvalue weighted by molar-refractivity contribution is -0.113. The van der Waals surface area contributed by atoms with Crippen molar-refractivity contribution >= 4 is 39.1 Å². The first-order valence-corrected chi connectivity index (χ1v) is 10.5. The van der Waals surface area contributed by atoms with E-state index in [4.69, 9.17) is 5.73 Å². The maximum absolute atomic E-state index is 11.0. The van der Waals surface area contributed by atoms with Crippen molar-refractivity contribution in [1.29, 1.82) is 0 Å². The van der Waals surface area contributed by atoms with E-state index in [0.29, 0.717) is 0 Å². The van der Waals surface area contributed by atoms with Crippen molar-refractivity contribution in [3.8, 4) is 0 Å². The molecule has 0 aliphatic carbocycles. The number of benzene rings is 2.